The maximum absolute atomic E-state index is 2.52. The van der Waals surface area contributed by atoms with Gasteiger partial charge >= 0.3 is 0 Å². The molecular weight excluding hydrogens is 711 g/mol. The molecule has 0 aliphatic rings. The lowest BCUT2D eigenvalue weighted by atomic mass is 9.74. The molecule has 0 aliphatic heterocycles. The molecule has 5 rings (SSSR count). The van der Waals surface area contributed by atoms with E-state index in [0.717, 1.165) is 6.54 Å². The first kappa shape index (κ1) is 46.0. The molecule has 0 radical (unpaired) electrons. The number of unbranched alkanes of at least 4 members (excludes halogenated alkanes) is 11. The summed E-state index contributed by atoms with van der Waals surface area (Å²) in [5.41, 5.74) is 7.47. The molecule has 0 saturated heterocycles. The second kappa shape index (κ2) is 28.4. The van der Waals surface area contributed by atoms with E-state index in [1.807, 2.05) is 0 Å². The molecule has 0 amide bonds. The van der Waals surface area contributed by atoms with Gasteiger partial charge in [0.05, 0.1) is 0 Å². The molecule has 0 aromatic heterocycles. The first-order valence-electron chi connectivity index (χ1n) is 24.3. The van der Waals surface area contributed by atoms with Crippen LogP contribution < -0.4 is 4.90 Å². The van der Waals surface area contributed by atoms with E-state index in [1.165, 1.54) is 157 Å². The topological polar surface area (TPSA) is 3.24 Å². The van der Waals surface area contributed by atoms with Crippen molar-refractivity contribution in [1.82, 2.24) is 0 Å². The van der Waals surface area contributed by atoms with Crippen LogP contribution in [0.4, 0.5) is 5.69 Å². The van der Waals surface area contributed by atoms with Crippen molar-refractivity contribution in [1.29, 1.82) is 0 Å². The van der Waals surface area contributed by atoms with E-state index >= 15 is 0 Å². The number of benzene rings is 5. The van der Waals surface area contributed by atoms with Gasteiger partial charge < -0.3 is 4.90 Å². The Morgan fingerprint density at radius 1 is 0.322 bits per heavy atom. The van der Waals surface area contributed by atoms with E-state index in [1.54, 1.807) is 5.56 Å². The van der Waals surface area contributed by atoms with Crippen LogP contribution in [0.5, 0.6) is 0 Å². The number of hydrogen-bond acceptors (Lipinski definition) is 1. The molecule has 0 heterocycles. The number of para-hydroxylation sites is 1. The summed E-state index contributed by atoms with van der Waals surface area (Å²) in [6, 6.07) is 56.6. The Morgan fingerprint density at radius 3 is 1.08 bits per heavy atom. The Labute approximate surface area is 362 Å². The lowest BCUT2D eigenvalue weighted by Gasteiger charge is -2.30. The standard InChI is InChI=1S/C58H79N/c1-3-33-57(54-41-24-16-25-42-54)58(55-43-26-17-27-44-55)48-47-53(52-37-22-15-23-38-52)40-31-30-39-51(50-35-20-14-21-36-50)34-19-12-10-8-6-5-7-9-11-13-32-49-59(4-2)56-45-28-18-29-46-56/h14-18,20-29,35-38,41-46,51,53,57-58H,3-13,19,30-34,39-40,47-49H2,1-2H3. The van der Waals surface area contributed by atoms with Gasteiger partial charge in [0.25, 0.3) is 0 Å². The van der Waals surface area contributed by atoms with Crippen molar-refractivity contribution >= 4 is 5.69 Å². The zero-order chi connectivity index (χ0) is 41.0. The fourth-order valence-electron chi connectivity index (χ4n) is 9.87. The van der Waals surface area contributed by atoms with E-state index in [9.17, 15) is 0 Å². The second-order valence-electron chi connectivity index (χ2n) is 17.5. The zero-order valence-corrected chi connectivity index (χ0v) is 37.2. The molecule has 0 spiro atoms. The van der Waals surface area contributed by atoms with Crippen LogP contribution in [0.2, 0.25) is 0 Å². The summed E-state index contributed by atoms with van der Waals surface area (Å²) in [4.78, 5) is 2.52. The molecule has 0 aliphatic carbocycles. The maximum Gasteiger partial charge on any atom is 0.0366 e. The molecule has 4 atom stereocenters. The van der Waals surface area contributed by atoms with Crippen LogP contribution >= 0.6 is 0 Å². The Kier molecular flexibility index (Phi) is 22.1. The van der Waals surface area contributed by atoms with E-state index in [0.29, 0.717) is 23.7 Å². The SMILES string of the molecule is CCCC(c1ccccc1)C(CCC(CCCCC(CCCCCCCCCCCCCN(CC)c1ccccc1)c1ccccc1)c1ccccc1)c1ccccc1. The van der Waals surface area contributed by atoms with E-state index in [2.05, 4.69) is 170 Å². The molecule has 4 unspecified atom stereocenters. The summed E-state index contributed by atoms with van der Waals surface area (Å²) < 4.78 is 0. The first-order valence-corrected chi connectivity index (χ1v) is 24.3. The highest BCUT2D eigenvalue weighted by Crippen LogP contribution is 2.42. The summed E-state index contributed by atoms with van der Waals surface area (Å²) in [7, 11) is 0. The predicted octanol–water partition coefficient (Wildman–Crippen LogP) is 17.5. The van der Waals surface area contributed by atoms with Crippen molar-refractivity contribution in [3.8, 4) is 0 Å². The molecule has 0 fully saturated rings. The largest absolute Gasteiger partial charge is 0.372 e. The fraction of sp³-hybridized carbons (Fsp3) is 0.483. The minimum atomic E-state index is 0.533. The van der Waals surface area contributed by atoms with Crippen molar-refractivity contribution in [3.63, 3.8) is 0 Å². The Bertz CT molecular complexity index is 1700. The first-order chi connectivity index (χ1) is 29.3. The second-order valence-corrected chi connectivity index (χ2v) is 17.5. The van der Waals surface area contributed by atoms with Gasteiger partial charge in [-0.25, -0.2) is 0 Å². The molecule has 5 aromatic carbocycles. The molecular formula is C58H79N. The van der Waals surface area contributed by atoms with Gasteiger partial charge in [-0.3, -0.25) is 0 Å². The van der Waals surface area contributed by atoms with Crippen LogP contribution in [-0.2, 0) is 0 Å². The smallest absolute Gasteiger partial charge is 0.0366 e. The lowest BCUT2D eigenvalue weighted by Crippen LogP contribution is -2.23. The van der Waals surface area contributed by atoms with Gasteiger partial charge in [0.1, 0.15) is 0 Å². The number of nitrogens with zero attached hydrogens (tertiary/aromatic N) is 1. The Morgan fingerprint density at radius 2 is 0.661 bits per heavy atom. The van der Waals surface area contributed by atoms with Gasteiger partial charge in [0, 0.05) is 18.8 Å². The average molecular weight is 790 g/mol. The maximum atomic E-state index is 2.52. The minimum Gasteiger partial charge on any atom is -0.372 e. The third-order valence-corrected chi connectivity index (χ3v) is 13.2. The van der Waals surface area contributed by atoms with Crippen molar-refractivity contribution in [2.24, 2.45) is 0 Å². The summed E-state index contributed by atoms with van der Waals surface area (Å²) in [6.07, 6.45) is 26.8. The Balaban J connectivity index is 1.03. The highest BCUT2D eigenvalue weighted by Gasteiger charge is 2.26. The lowest BCUT2D eigenvalue weighted by molar-refractivity contribution is 0.420. The summed E-state index contributed by atoms with van der Waals surface area (Å²) >= 11 is 0. The quantitative estimate of drug-likeness (QED) is 0.0404. The van der Waals surface area contributed by atoms with Gasteiger partial charge in [-0.05, 0) is 110 Å². The third kappa shape index (κ3) is 16.8. The number of rotatable bonds is 31. The molecule has 5 aromatic rings. The van der Waals surface area contributed by atoms with Gasteiger partial charge in [0.15, 0.2) is 0 Å². The van der Waals surface area contributed by atoms with E-state index in [4.69, 9.17) is 0 Å². The van der Waals surface area contributed by atoms with Crippen LogP contribution in [0.25, 0.3) is 0 Å². The van der Waals surface area contributed by atoms with E-state index in [-0.39, 0.29) is 0 Å². The zero-order valence-electron chi connectivity index (χ0n) is 37.2. The summed E-state index contributed by atoms with van der Waals surface area (Å²) in [5.74, 6) is 2.37. The molecule has 0 saturated carbocycles. The monoisotopic (exact) mass is 790 g/mol. The average Bonchev–Trinajstić information content (AvgIpc) is 3.30. The molecule has 1 nitrogen and oxygen atoms in total. The highest BCUT2D eigenvalue weighted by molar-refractivity contribution is 5.45. The Hall–Kier alpha value is -4.10. The van der Waals surface area contributed by atoms with Crippen molar-refractivity contribution < 1.29 is 0 Å². The van der Waals surface area contributed by atoms with E-state index < -0.39 is 0 Å². The number of hydrogen-bond donors (Lipinski definition) is 0. The van der Waals surface area contributed by atoms with Crippen LogP contribution in [0.15, 0.2) is 152 Å². The van der Waals surface area contributed by atoms with Crippen molar-refractivity contribution in [2.45, 2.75) is 166 Å². The predicted molar refractivity (Wildman–Crippen MR) is 259 cm³/mol. The van der Waals surface area contributed by atoms with Gasteiger partial charge in [-0.1, -0.05) is 230 Å². The molecule has 316 valence electrons. The molecule has 0 bridgehead atoms. The van der Waals surface area contributed by atoms with Crippen LogP contribution in [-0.4, -0.2) is 13.1 Å². The minimum absolute atomic E-state index is 0.533. The highest BCUT2D eigenvalue weighted by atomic mass is 15.1. The third-order valence-electron chi connectivity index (χ3n) is 13.2. The fourth-order valence-corrected chi connectivity index (χ4v) is 9.87. The number of anilines is 1. The van der Waals surface area contributed by atoms with Crippen molar-refractivity contribution in [3.05, 3.63) is 174 Å². The van der Waals surface area contributed by atoms with Crippen LogP contribution in [0, 0.1) is 0 Å². The summed E-state index contributed by atoms with van der Waals surface area (Å²) in [5, 5.41) is 0. The van der Waals surface area contributed by atoms with Gasteiger partial charge in [-0.2, -0.15) is 0 Å². The van der Waals surface area contributed by atoms with Crippen LogP contribution in [0.1, 0.15) is 188 Å². The van der Waals surface area contributed by atoms with Gasteiger partial charge in [-0.15, -0.1) is 0 Å². The molecule has 0 N–H and O–H groups in total. The molecule has 1 heteroatoms. The van der Waals surface area contributed by atoms with Gasteiger partial charge in [0.2, 0.25) is 0 Å². The normalized spacial score (nSPS) is 13.5. The summed E-state index contributed by atoms with van der Waals surface area (Å²) in [6.45, 7) is 6.91. The van der Waals surface area contributed by atoms with Crippen molar-refractivity contribution in [2.75, 3.05) is 18.0 Å². The molecule has 59 heavy (non-hydrogen) atoms. The van der Waals surface area contributed by atoms with Crippen LogP contribution in [0.3, 0.4) is 0 Å².